The van der Waals surface area contributed by atoms with Crippen LogP contribution in [0.3, 0.4) is 0 Å². The molecular weight excluding hydrogens is 182 g/mol. The minimum absolute atomic E-state index is 0.104. The fraction of sp³-hybridized carbons (Fsp3) is 1.00. The monoisotopic (exact) mass is 201 g/mol. The quantitative estimate of drug-likeness (QED) is 0.644. The Morgan fingerprint density at radius 1 is 1.38 bits per heavy atom. The minimum atomic E-state index is 0.104. The van der Waals surface area contributed by atoms with Crippen LogP contribution in [0.2, 0.25) is 0 Å². The van der Waals surface area contributed by atoms with E-state index >= 15 is 0 Å². The molecule has 1 nitrogen and oxygen atoms in total. The zero-order valence-corrected chi connectivity index (χ0v) is 9.78. The number of nitrogens with one attached hydrogen (secondary N) is 1. The largest absolute Gasteiger partial charge is 0.316 e. The van der Waals surface area contributed by atoms with E-state index in [1.54, 1.807) is 0 Å². The molecule has 0 saturated heterocycles. The van der Waals surface area contributed by atoms with E-state index in [1.807, 2.05) is 0 Å². The van der Waals surface area contributed by atoms with Gasteiger partial charge in [-0.05, 0) is 31.2 Å². The Balaban J connectivity index is 2.22. The number of hydrogen-bond donors (Lipinski definition) is 1. The lowest BCUT2D eigenvalue weighted by atomic mass is 9.85. The first kappa shape index (κ1) is 9.79. The third-order valence-electron chi connectivity index (χ3n) is 4.53. The highest BCUT2D eigenvalue weighted by atomic mass is 35.5. The van der Waals surface area contributed by atoms with E-state index in [9.17, 15) is 0 Å². The van der Waals surface area contributed by atoms with Crippen LogP contribution in [-0.4, -0.2) is 18.0 Å². The van der Waals surface area contributed by atoms with Gasteiger partial charge in [0.2, 0.25) is 0 Å². The van der Waals surface area contributed by atoms with Crippen molar-refractivity contribution in [2.45, 2.75) is 44.5 Å². The topological polar surface area (TPSA) is 12.0 Å². The molecule has 1 N–H and O–H groups in total. The lowest BCUT2D eigenvalue weighted by Gasteiger charge is -2.30. The molecule has 4 unspecified atom stereocenters. The standard InChI is InChI=1S/C11H20ClN/c1-7-5-6-11(12)9(8(7)13-4)10(11,2)3/h7-9,13H,5-6H2,1-4H3. The molecule has 0 aromatic heterocycles. The Labute approximate surface area is 86.2 Å². The zero-order valence-electron chi connectivity index (χ0n) is 9.02. The predicted molar refractivity (Wildman–Crippen MR) is 57.1 cm³/mol. The Morgan fingerprint density at radius 2 is 2.00 bits per heavy atom. The molecule has 76 valence electrons. The van der Waals surface area contributed by atoms with Gasteiger partial charge >= 0.3 is 0 Å². The van der Waals surface area contributed by atoms with E-state index in [0.29, 0.717) is 17.4 Å². The summed E-state index contributed by atoms with van der Waals surface area (Å²) in [5.74, 6) is 1.46. The molecule has 0 bridgehead atoms. The normalized spacial score (nSPS) is 52.8. The number of rotatable bonds is 1. The van der Waals surface area contributed by atoms with Crippen LogP contribution in [0.15, 0.2) is 0 Å². The van der Waals surface area contributed by atoms with E-state index < -0.39 is 0 Å². The highest BCUT2D eigenvalue weighted by Gasteiger charge is 2.73. The first-order valence-electron chi connectivity index (χ1n) is 5.31. The molecule has 0 aliphatic heterocycles. The molecule has 2 rings (SSSR count). The van der Waals surface area contributed by atoms with E-state index in [-0.39, 0.29) is 4.87 Å². The molecule has 0 aromatic rings. The summed E-state index contributed by atoms with van der Waals surface area (Å²) < 4.78 is 0. The molecule has 0 amide bonds. The smallest absolute Gasteiger partial charge is 0.0550 e. The van der Waals surface area contributed by atoms with Gasteiger partial charge in [-0.2, -0.15) is 0 Å². The molecule has 2 saturated carbocycles. The second-order valence-electron chi connectivity index (χ2n) is 5.39. The lowest BCUT2D eigenvalue weighted by molar-refractivity contribution is 0.280. The molecule has 4 atom stereocenters. The van der Waals surface area contributed by atoms with Crippen LogP contribution in [0, 0.1) is 17.3 Å². The fourth-order valence-electron chi connectivity index (χ4n) is 3.45. The Morgan fingerprint density at radius 3 is 2.46 bits per heavy atom. The summed E-state index contributed by atoms with van der Waals surface area (Å²) in [7, 11) is 2.07. The van der Waals surface area contributed by atoms with Gasteiger partial charge in [0.1, 0.15) is 0 Å². The molecule has 2 fully saturated rings. The third kappa shape index (κ3) is 1.04. The van der Waals surface area contributed by atoms with Crippen LogP contribution in [0.5, 0.6) is 0 Å². The van der Waals surface area contributed by atoms with Crippen LogP contribution in [0.25, 0.3) is 0 Å². The van der Waals surface area contributed by atoms with Gasteiger partial charge in [-0.15, -0.1) is 11.6 Å². The molecule has 2 heteroatoms. The average Bonchev–Trinajstić information content (AvgIpc) is 2.50. The van der Waals surface area contributed by atoms with Gasteiger partial charge in [-0.25, -0.2) is 0 Å². The van der Waals surface area contributed by atoms with Crippen molar-refractivity contribution in [3.8, 4) is 0 Å². The van der Waals surface area contributed by atoms with Crippen molar-refractivity contribution in [3.05, 3.63) is 0 Å². The molecule has 13 heavy (non-hydrogen) atoms. The molecule has 0 aromatic carbocycles. The SMILES string of the molecule is CNC1C(C)CCC2(Cl)C1C2(C)C. The molecule has 0 spiro atoms. The van der Waals surface area contributed by atoms with Crippen molar-refractivity contribution in [1.29, 1.82) is 0 Å². The summed E-state index contributed by atoms with van der Waals surface area (Å²) in [6, 6.07) is 0.626. The maximum atomic E-state index is 6.64. The first-order valence-corrected chi connectivity index (χ1v) is 5.69. The summed E-state index contributed by atoms with van der Waals surface area (Å²) >= 11 is 6.64. The van der Waals surface area contributed by atoms with Crippen LogP contribution in [-0.2, 0) is 0 Å². The number of alkyl halides is 1. The second-order valence-corrected chi connectivity index (χ2v) is 6.07. The van der Waals surface area contributed by atoms with E-state index in [1.165, 1.54) is 12.8 Å². The summed E-state index contributed by atoms with van der Waals surface area (Å²) in [6.07, 6.45) is 2.47. The molecule has 2 aliphatic carbocycles. The van der Waals surface area contributed by atoms with Gasteiger partial charge in [0.25, 0.3) is 0 Å². The van der Waals surface area contributed by atoms with Crippen molar-refractivity contribution in [3.63, 3.8) is 0 Å². The van der Waals surface area contributed by atoms with E-state index in [2.05, 4.69) is 33.1 Å². The Hall–Kier alpha value is 0.250. The summed E-state index contributed by atoms with van der Waals surface area (Å²) in [5.41, 5.74) is 0.340. The van der Waals surface area contributed by atoms with Gasteiger partial charge in [0.15, 0.2) is 0 Å². The molecular formula is C11H20ClN. The second kappa shape index (κ2) is 2.64. The maximum Gasteiger partial charge on any atom is 0.0550 e. The van der Waals surface area contributed by atoms with Crippen molar-refractivity contribution < 1.29 is 0 Å². The summed E-state index contributed by atoms with van der Waals surface area (Å²) in [6.45, 7) is 6.96. The van der Waals surface area contributed by atoms with E-state index in [4.69, 9.17) is 11.6 Å². The van der Waals surface area contributed by atoms with Gasteiger partial charge in [-0.3, -0.25) is 0 Å². The first-order chi connectivity index (χ1) is 5.95. The van der Waals surface area contributed by atoms with Gasteiger partial charge < -0.3 is 5.32 Å². The van der Waals surface area contributed by atoms with Gasteiger partial charge in [0, 0.05) is 12.0 Å². The fourth-order valence-corrected chi connectivity index (χ4v) is 4.03. The zero-order chi connectivity index (χ0) is 9.85. The Bertz CT molecular complexity index is 226. The average molecular weight is 202 g/mol. The highest BCUT2D eigenvalue weighted by Crippen LogP contribution is 2.72. The number of halogens is 1. The Kier molecular flexibility index (Phi) is 1.99. The van der Waals surface area contributed by atoms with Crippen molar-refractivity contribution >= 4 is 11.6 Å². The summed E-state index contributed by atoms with van der Waals surface area (Å²) in [5, 5.41) is 3.44. The number of fused-ring (bicyclic) bond motifs is 1. The third-order valence-corrected chi connectivity index (χ3v) is 5.44. The van der Waals surface area contributed by atoms with Crippen LogP contribution >= 0.6 is 11.6 Å². The van der Waals surface area contributed by atoms with Crippen molar-refractivity contribution in [2.24, 2.45) is 17.3 Å². The predicted octanol–water partition coefficient (Wildman–Crippen LogP) is 2.64. The maximum absolute atomic E-state index is 6.64. The molecule has 2 aliphatic rings. The minimum Gasteiger partial charge on any atom is -0.316 e. The number of hydrogen-bond acceptors (Lipinski definition) is 1. The summed E-state index contributed by atoms with van der Waals surface area (Å²) in [4.78, 5) is 0.104. The molecule has 0 radical (unpaired) electrons. The van der Waals surface area contributed by atoms with E-state index in [0.717, 1.165) is 5.92 Å². The van der Waals surface area contributed by atoms with Crippen molar-refractivity contribution in [1.82, 2.24) is 5.32 Å². The van der Waals surface area contributed by atoms with Crippen LogP contribution in [0.4, 0.5) is 0 Å². The lowest BCUT2D eigenvalue weighted by Crippen LogP contribution is -2.39. The van der Waals surface area contributed by atoms with Crippen LogP contribution in [0.1, 0.15) is 33.6 Å². The highest BCUT2D eigenvalue weighted by molar-refractivity contribution is 6.27. The van der Waals surface area contributed by atoms with Gasteiger partial charge in [0.05, 0.1) is 4.87 Å². The van der Waals surface area contributed by atoms with Gasteiger partial charge in [-0.1, -0.05) is 20.8 Å². The molecule has 0 heterocycles. The van der Waals surface area contributed by atoms with Crippen LogP contribution < -0.4 is 5.32 Å². The van der Waals surface area contributed by atoms with Crippen molar-refractivity contribution in [2.75, 3.05) is 7.05 Å².